The number of ketones is 2. The van der Waals surface area contributed by atoms with Crippen LogP contribution < -0.4 is 9.47 Å². The molecule has 0 fully saturated rings. The minimum Gasteiger partial charge on any atom is -0.489 e. The molecule has 0 unspecified atom stereocenters. The van der Waals surface area contributed by atoms with Crippen LogP contribution >= 0.6 is 0 Å². The van der Waals surface area contributed by atoms with Gasteiger partial charge in [0.25, 0.3) is 0 Å². The molecule has 0 aliphatic heterocycles. The average molecular weight is 551 g/mol. The molecule has 5 rings (SSSR count). The van der Waals surface area contributed by atoms with Gasteiger partial charge in [0.05, 0.1) is 0 Å². The van der Waals surface area contributed by atoms with E-state index in [-0.39, 0.29) is 11.6 Å². The van der Waals surface area contributed by atoms with E-state index in [1.807, 2.05) is 109 Å². The van der Waals surface area contributed by atoms with Gasteiger partial charge in [0.1, 0.15) is 24.7 Å². The van der Waals surface area contributed by atoms with Crippen molar-refractivity contribution < 1.29 is 19.1 Å². The van der Waals surface area contributed by atoms with Crippen molar-refractivity contribution in [3.8, 4) is 11.5 Å². The predicted octanol–water partition coefficient (Wildman–Crippen LogP) is 8.64. The Labute approximate surface area is 246 Å². The van der Waals surface area contributed by atoms with Gasteiger partial charge in [-0.05, 0) is 58.7 Å². The molecule has 0 amide bonds. The molecule has 4 nitrogen and oxygen atoms in total. The molecule has 42 heavy (non-hydrogen) atoms. The van der Waals surface area contributed by atoms with E-state index >= 15 is 0 Å². The van der Waals surface area contributed by atoms with E-state index in [9.17, 15) is 9.59 Å². The standard InChI is InChI=1S/C38H30O4/c39-37(33-7-3-1-4-8-33)25-19-29-15-21-35(22-16-29)41-27-31-11-13-32(14-12-31)28-42-36-23-17-30(18-24-36)20-26-38(40)34-9-5-2-6-10-34/h1-26H,27-28H2/b25-19+,26-20+. The van der Waals surface area contributed by atoms with Crippen LogP contribution in [0.4, 0.5) is 0 Å². The zero-order valence-electron chi connectivity index (χ0n) is 23.1. The summed E-state index contributed by atoms with van der Waals surface area (Å²) in [5.41, 5.74) is 5.31. The third-order valence-electron chi connectivity index (χ3n) is 6.57. The molecule has 0 atom stereocenters. The number of carbonyl (C=O) groups is 2. The third kappa shape index (κ3) is 8.26. The fourth-order valence-electron chi connectivity index (χ4n) is 4.16. The molecule has 0 aromatic heterocycles. The first kappa shape index (κ1) is 28.1. The van der Waals surface area contributed by atoms with Gasteiger partial charge in [-0.25, -0.2) is 0 Å². The predicted molar refractivity (Wildman–Crippen MR) is 168 cm³/mol. The Bertz CT molecular complexity index is 1520. The smallest absolute Gasteiger partial charge is 0.185 e. The summed E-state index contributed by atoms with van der Waals surface area (Å²) in [6.45, 7) is 0.898. The van der Waals surface area contributed by atoms with Crippen LogP contribution in [0.15, 0.2) is 146 Å². The van der Waals surface area contributed by atoms with E-state index in [1.54, 1.807) is 48.6 Å². The molecule has 0 heterocycles. The first-order valence-electron chi connectivity index (χ1n) is 13.7. The van der Waals surface area contributed by atoms with Gasteiger partial charge in [0.15, 0.2) is 11.6 Å². The summed E-state index contributed by atoms with van der Waals surface area (Å²) in [6, 6.07) is 41.9. The fraction of sp³-hybridized carbons (Fsp3) is 0.0526. The van der Waals surface area contributed by atoms with Crippen molar-refractivity contribution >= 4 is 23.7 Å². The van der Waals surface area contributed by atoms with Crippen molar-refractivity contribution in [2.45, 2.75) is 13.2 Å². The van der Waals surface area contributed by atoms with Gasteiger partial charge in [-0.1, -0.05) is 121 Å². The molecule has 0 aliphatic carbocycles. The summed E-state index contributed by atoms with van der Waals surface area (Å²) in [5.74, 6) is 1.47. The SMILES string of the molecule is O=C(/C=C/c1ccc(OCc2ccc(COc3ccc(/C=C/C(=O)c4ccccc4)cc3)cc2)cc1)c1ccccc1. The van der Waals surface area contributed by atoms with Crippen molar-refractivity contribution in [1.29, 1.82) is 0 Å². The highest BCUT2D eigenvalue weighted by atomic mass is 16.5. The Hall–Kier alpha value is -5.48. The molecule has 0 bridgehead atoms. The lowest BCUT2D eigenvalue weighted by atomic mass is 10.1. The largest absolute Gasteiger partial charge is 0.489 e. The Morgan fingerprint density at radius 1 is 0.452 bits per heavy atom. The fourth-order valence-corrected chi connectivity index (χ4v) is 4.16. The number of benzene rings is 5. The number of hydrogen-bond donors (Lipinski definition) is 0. The van der Waals surface area contributed by atoms with Crippen LogP contribution in [0.25, 0.3) is 12.2 Å². The number of carbonyl (C=O) groups excluding carboxylic acids is 2. The highest BCUT2D eigenvalue weighted by molar-refractivity contribution is 6.07. The lowest BCUT2D eigenvalue weighted by molar-refractivity contribution is 0.103. The van der Waals surface area contributed by atoms with E-state index in [0.29, 0.717) is 24.3 Å². The molecule has 0 saturated heterocycles. The molecule has 0 spiro atoms. The molecule has 5 aromatic carbocycles. The zero-order valence-corrected chi connectivity index (χ0v) is 23.1. The molecule has 0 saturated carbocycles. The highest BCUT2D eigenvalue weighted by Gasteiger charge is 2.03. The van der Waals surface area contributed by atoms with Gasteiger partial charge >= 0.3 is 0 Å². The Morgan fingerprint density at radius 2 is 0.810 bits per heavy atom. The van der Waals surface area contributed by atoms with E-state index in [0.717, 1.165) is 33.8 Å². The summed E-state index contributed by atoms with van der Waals surface area (Å²) in [6.07, 6.45) is 6.78. The summed E-state index contributed by atoms with van der Waals surface area (Å²) < 4.78 is 11.9. The molecule has 206 valence electrons. The van der Waals surface area contributed by atoms with Gasteiger partial charge in [-0.15, -0.1) is 0 Å². The first-order valence-corrected chi connectivity index (χ1v) is 13.7. The number of hydrogen-bond acceptors (Lipinski definition) is 4. The zero-order chi connectivity index (χ0) is 29.0. The summed E-state index contributed by atoms with van der Waals surface area (Å²) in [7, 11) is 0. The molecule has 4 heteroatoms. The van der Waals surface area contributed by atoms with Crippen molar-refractivity contribution in [3.63, 3.8) is 0 Å². The quantitative estimate of drug-likeness (QED) is 0.115. The van der Waals surface area contributed by atoms with Crippen LogP contribution in [0.1, 0.15) is 43.0 Å². The Balaban J connectivity index is 1.06. The van der Waals surface area contributed by atoms with Gasteiger partial charge in [0.2, 0.25) is 0 Å². The van der Waals surface area contributed by atoms with Crippen LogP contribution in [0.2, 0.25) is 0 Å². The molecular formula is C38H30O4. The molecule has 0 radical (unpaired) electrons. The summed E-state index contributed by atoms with van der Waals surface area (Å²) >= 11 is 0. The van der Waals surface area contributed by atoms with Crippen molar-refractivity contribution in [2.24, 2.45) is 0 Å². The van der Waals surface area contributed by atoms with Crippen LogP contribution in [0.5, 0.6) is 11.5 Å². The topological polar surface area (TPSA) is 52.6 Å². The van der Waals surface area contributed by atoms with Crippen molar-refractivity contribution in [2.75, 3.05) is 0 Å². The van der Waals surface area contributed by atoms with E-state index < -0.39 is 0 Å². The maximum atomic E-state index is 12.2. The van der Waals surface area contributed by atoms with Gasteiger partial charge in [-0.3, -0.25) is 9.59 Å². The van der Waals surface area contributed by atoms with E-state index in [4.69, 9.17) is 9.47 Å². The molecule has 0 N–H and O–H groups in total. The van der Waals surface area contributed by atoms with Crippen molar-refractivity contribution in [3.05, 3.63) is 179 Å². The lowest BCUT2D eigenvalue weighted by Crippen LogP contribution is -1.98. The molecular weight excluding hydrogens is 520 g/mol. The van der Waals surface area contributed by atoms with E-state index in [2.05, 4.69) is 0 Å². The molecule has 0 aliphatic rings. The van der Waals surface area contributed by atoms with Crippen molar-refractivity contribution in [1.82, 2.24) is 0 Å². The minimum absolute atomic E-state index is 0.0241. The van der Waals surface area contributed by atoms with Crippen LogP contribution in [0.3, 0.4) is 0 Å². The number of allylic oxidation sites excluding steroid dienone is 2. The lowest BCUT2D eigenvalue weighted by Gasteiger charge is -2.09. The first-order chi connectivity index (χ1) is 20.6. The second-order valence-corrected chi connectivity index (χ2v) is 9.66. The summed E-state index contributed by atoms with van der Waals surface area (Å²) in [4.78, 5) is 24.5. The van der Waals surface area contributed by atoms with Crippen LogP contribution in [-0.4, -0.2) is 11.6 Å². The normalized spacial score (nSPS) is 11.0. The van der Waals surface area contributed by atoms with Crippen LogP contribution in [0, 0.1) is 0 Å². The van der Waals surface area contributed by atoms with Gasteiger partial charge in [0, 0.05) is 11.1 Å². The van der Waals surface area contributed by atoms with Crippen LogP contribution in [-0.2, 0) is 13.2 Å². The van der Waals surface area contributed by atoms with E-state index in [1.165, 1.54) is 0 Å². The molecule has 5 aromatic rings. The highest BCUT2D eigenvalue weighted by Crippen LogP contribution is 2.18. The van der Waals surface area contributed by atoms with Gasteiger partial charge in [-0.2, -0.15) is 0 Å². The monoisotopic (exact) mass is 550 g/mol. The second kappa shape index (κ2) is 14.2. The average Bonchev–Trinajstić information content (AvgIpc) is 3.06. The second-order valence-electron chi connectivity index (χ2n) is 9.66. The summed E-state index contributed by atoms with van der Waals surface area (Å²) in [5, 5.41) is 0. The number of rotatable bonds is 12. The third-order valence-corrected chi connectivity index (χ3v) is 6.57. The minimum atomic E-state index is -0.0241. The Kier molecular flexibility index (Phi) is 9.51. The number of ether oxygens (including phenoxy) is 2. The maximum Gasteiger partial charge on any atom is 0.185 e. The Morgan fingerprint density at radius 3 is 1.17 bits per heavy atom. The maximum absolute atomic E-state index is 12.2. The van der Waals surface area contributed by atoms with Gasteiger partial charge < -0.3 is 9.47 Å².